The average molecular weight is 222 g/mol. The van der Waals surface area contributed by atoms with Crippen LogP contribution in [0.3, 0.4) is 0 Å². The van der Waals surface area contributed by atoms with Crippen LogP contribution in [0.4, 0.5) is 0 Å². The van der Waals surface area contributed by atoms with Gasteiger partial charge in [-0.1, -0.05) is 42.5 Å². The SMILES string of the molecule is NCc1cc2cccc(-c3cc[c]cc3)c2o1. The van der Waals surface area contributed by atoms with Crippen molar-refractivity contribution in [1.29, 1.82) is 0 Å². The van der Waals surface area contributed by atoms with Crippen LogP contribution in [0.25, 0.3) is 22.1 Å². The van der Waals surface area contributed by atoms with E-state index in [-0.39, 0.29) is 0 Å². The van der Waals surface area contributed by atoms with Crippen LogP contribution >= 0.6 is 0 Å². The molecule has 0 unspecified atom stereocenters. The van der Waals surface area contributed by atoms with Gasteiger partial charge in [-0.05, 0) is 17.7 Å². The van der Waals surface area contributed by atoms with Crippen molar-refractivity contribution >= 4 is 11.0 Å². The molecule has 0 saturated heterocycles. The van der Waals surface area contributed by atoms with Crippen molar-refractivity contribution in [3.8, 4) is 11.1 Å². The molecule has 3 rings (SSSR count). The lowest BCUT2D eigenvalue weighted by molar-refractivity contribution is 0.553. The zero-order valence-electron chi connectivity index (χ0n) is 9.31. The highest BCUT2D eigenvalue weighted by Gasteiger charge is 2.08. The van der Waals surface area contributed by atoms with E-state index in [1.54, 1.807) is 0 Å². The summed E-state index contributed by atoms with van der Waals surface area (Å²) in [6.07, 6.45) is 0. The molecule has 3 aromatic rings. The molecule has 0 bridgehead atoms. The van der Waals surface area contributed by atoms with E-state index in [0.717, 1.165) is 27.9 Å². The second kappa shape index (κ2) is 4.07. The fourth-order valence-corrected chi connectivity index (χ4v) is 2.01. The molecule has 1 heterocycles. The number of hydrogen-bond acceptors (Lipinski definition) is 2. The van der Waals surface area contributed by atoms with Crippen LogP contribution in [0.2, 0.25) is 0 Å². The van der Waals surface area contributed by atoms with E-state index < -0.39 is 0 Å². The molecule has 17 heavy (non-hydrogen) atoms. The first-order valence-corrected chi connectivity index (χ1v) is 5.56. The highest BCUT2D eigenvalue weighted by Crippen LogP contribution is 2.30. The smallest absolute Gasteiger partial charge is 0.142 e. The van der Waals surface area contributed by atoms with Crippen molar-refractivity contribution in [1.82, 2.24) is 0 Å². The van der Waals surface area contributed by atoms with Crippen molar-refractivity contribution in [2.24, 2.45) is 5.73 Å². The monoisotopic (exact) mass is 222 g/mol. The first-order valence-electron chi connectivity index (χ1n) is 5.56. The lowest BCUT2D eigenvalue weighted by atomic mass is 10.0. The molecule has 0 fully saturated rings. The zero-order valence-corrected chi connectivity index (χ0v) is 9.31. The standard InChI is InChI=1S/C15H12NO/c16-10-13-9-12-7-4-8-14(15(12)17-13)11-5-2-1-3-6-11/h2-9H,10,16H2. The Hall–Kier alpha value is -2.06. The van der Waals surface area contributed by atoms with Gasteiger partial charge in [-0.3, -0.25) is 0 Å². The third-order valence-corrected chi connectivity index (χ3v) is 2.83. The maximum Gasteiger partial charge on any atom is 0.142 e. The third kappa shape index (κ3) is 1.73. The molecule has 0 spiro atoms. The van der Waals surface area contributed by atoms with Crippen molar-refractivity contribution in [2.75, 3.05) is 0 Å². The predicted molar refractivity (Wildman–Crippen MR) is 68.4 cm³/mol. The first-order chi connectivity index (χ1) is 8.38. The van der Waals surface area contributed by atoms with Crippen molar-refractivity contribution in [3.05, 3.63) is 60.4 Å². The zero-order chi connectivity index (χ0) is 11.7. The molecule has 2 heteroatoms. The number of furan rings is 1. The van der Waals surface area contributed by atoms with Gasteiger partial charge in [-0.25, -0.2) is 0 Å². The van der Waals surface area contributed by atoms with Crippen molar-refractivity contribution in [3.63, 3.8) is 0 Å². The van der Waals surface area contributed by atoms with Crippen LogP contribution in [0.15, 0.2) is 52.9 Å². The minimum Gasteiger partial charge on any atom is -0.459 e. The molecular weight excluding hydrogens is 210 g/mol. The number of para-hydroxylation sites is 1. The second-order valence-electron chi connectivity index (χ2n) is 3.93. The van der Waals surface area contributed by atoms with E-state index in [1.165, 1.54) is 0 Å². The summed E-state index contributed by atoms with van der Waals surface area (Å²) in [6.45, 7) is 0.427. The maximum atomic E-state index is 5.77. The van der Waals surface area contributed by atoms with E-state index in [9.17, 15) is 0 Å². The molecule has 83 valence electrons. The van der Waals surface area contributed by atoms with E-state index in [0.29, 0.717) is 6.54 Å². The normalized spacial score (nSPS) is 10.9. The average Bonchev–Trinajstić information content (AvgIpc) is 2.82. The van der Waals surface area contributed by atoms with Gasteiger partial charge in [-0.2, -0.15) is 0 Å². The molecule has 0 aliphatic carbocycles. The summed E-state index contributed by atoms with van der Waals surface area (Å²) in [5.41, 5.74) is 8.73. The molecular formula is C15H12NO. The molecule has 2 aromatic carbocycles. The number of rotatable bonds is 2. The van der Waals surface area contributed by atoms with E-state index in [1.807, 2.05) is 42.5 Å². The quantitative estimate of drug-likeness (QED) is 0.722. The summed E-state index contributed by atoms with van der Waals surface area (Å²) in [5.74, 6) is 0.815. The van der Waals surface area contributed by atoms with Crippen LogP contribution in [0.5, 0.6) is 0 Å². The maximum absolute atomic E-state index is 5.77. The highest BCUT2D eigenvalue weighted by molar-refractivity contribution is 5.92. The van der Waals surface area contributed by atoms with Gasteiger partial charge < -0.3 is 10.2 Å². The molecule has 1 radical (unpaired) electrons. The summed E-state index contributed by atoms with van der Waals surface area (Å²) >= 11 is 0. The number of benzene rings is 2. The fraction of sp³-hybridized carbons (Fsp3) is 0.0667. The van der Waals surface area contributed by atoms with Gasteiger partial charge in [0.15, 0.2) is 0 Å². The van der Waals surface area contributed by atoms with Crippen LogP contribution in [-0.2, 0) is 6.54 Å². The Morgan fingerprint density at radius 2 is 1.94 bits per heavy atom. The minimum atomic E-state index is 0.427. The fourth-order valence-electron chi connectivity index (χ4n) is 2.01. The Bertz CT molecular complexity index is 640. The van der Waals surface area contributed by atoms with Crippen LogP contribution in [0.1, 0.15) is 5.76 Å². The van der Waals surface area contributed by atoms with Gasteiger partial charge in [0.2, 0.25) is 0 Å². The molecule has 0 atom stereocenters. The van der Waals surface area contributed by atoms with Crippen LogP contribution in [-0.4, -0.2) is 0 Å². The summed E-state index contributed by atoms with van der Waals surface area (Å²) in [4.78, 5) is 0. The molecule has 2 N–H and O–H groups in total. The molecule has 1 aromatic heterocycles. The molecule has 0 aliphatic heterocycles. The molecule has 2 nitrogen and oxygen atoms in total. The molecule has 0 aliphatic rings. The number of hydrogen-bond donors (Lipinski definition) is 1. The Morgan fingerprint density at radius 1 is 1.12 bits per heavy atom. The Morgan fingerprint density at radius 3 is 2.71 bits per heavy atom. The van der Waals surface area contributed by atoms with Gasteiger partial charge in [-0.15, -0.1) is 0 Å². The first kappa shape index (κ1) is 10.1. The summed E-state index contributed by atoms with van der Waals surface area (Å²) < 4.78 is 5.77. The van der Waals surface area contributed by atoms with E-state index in [2.05, 4.69) is 12.1 Å². The Balaban J connectivity index is 2.26. The van der Waals surface area contributed by atoms with Gasteiger partial charge in [0.1, 0.15) is 11.3 Å². The number of fused-ring (bicyclic) bond motifs is 1. The summed E-state index contributed by atoms with van der Waals surface area (Å²) in [6, 6.07) is 19.0. The third-order valence-electron chi connectivity index (χ3n) is 2.83. The molecule has 0 saturated carbocycles. The number of nitrogens with two attached hydrogens (primary N) is 1. The lowest BCUT2D eigenvalue weighted by Gasteiger charge is -2.01. The van der Waals surface area contributed by atoms with Gasteiger partial charge >= 0.3 is 0 Å². The Labute approximate surface area is 99.7 Å². The Kier molecular flexibility index (Phi) is 2.42. The van der Waals surface area contributed by atoms with E-state index in [4.69, 9.17) is 10.2 Å². The van der Waals surface area contributed by atoms with Crippen molar-refractivity contribution in [2.45, 2.75) is 6.54 Å². The summed E-state index contributed by atoms with van der Waals surface area (Å²) in [5, 5.41) is 1.09. The van der Waals surface area contributed by atoms with Crippen molar-refractivity contribution < 1.29 is 4.42 Å². The largest absolute Gasteiger partial charge is 0.459 e. The summed E-state index contributed by atoms with van der Waals surface area (Å²) in [7, 11) is 0. The lowest BCUT2D eigenvalue weighted by Crippen LogP contribution is -1.92. The van der Waals surface area contributed by atoms with Gasteiger partial charge in [0.25, 0.3) is 0 Å². The highest BCUT2D eigenvalue weighted by atomic mass is 16.3. The van der Waals surface area contributed by atoms with Gasteiger partial charge in [0, 0.05) is 10.9 Å². The van der Waals surface area contributed by atoms with Gasteiger partial charge in [0.05, 0.1) is 6.54 Å². The van der Waals surface area contributed by atoms with Crippen LogP contribution in [0, 0.1) is 6.07 Å². The molecule has 0 amide bonds. The van der Waals surface area contributed by atoms with Crippen LogP contribution < -0.4 is 5.73 Å². The topological polar surface area (TPSA) is 39.2 Å². The second-order valence-corrected chi connectivity index (χ2v) is 3.93. The minimum absolute atomic E-state index is 0.427. The predicted octanol–water partition coefficient (Wildman–Crippen LogP) is 3.36. The van der Waals surface area contributed by atoms with E-state index >= 15 is 0 Å².